The summed E-state index contributed by atoms with van der Waals surface area (Å²) in [6.45, 7) is 5.79. The van der Waals surface area contributed by atoms with Crippen LogP contribution in [-0.2, 0) is 6.42 Å². The molecular weight excluding hydrogens is 276 g/mol. The predicted octanol–water partition coefficient (Wildman–Crippen LogP) is 4.11. The summed E-state index contributed by atoms with van der Waals surface area (Å²) < 4.78 is 11.2. The fraction of sp³-hybridized carbons (Fsp3) is 0.333. The lowest BCUT2D eigenvalue weighted by atomic mass is 10.2. The third-order valence-corrected chi connectivity index (χ3v) is 3.30. The molecule has 0 spiro atoms. The Labute approximate surface area is 123 Å². The first-order chi connectivity index (χ1) is 9.55. The second kappa shape index (κ2) is 6.09. The van der Waals surface area contributed by atoms with Crippen molar-refractivity contribution in [3.05, 3.63) is 40.3 Å². The molecular formula is C15H17ClN2O2. The summed E-state index contributed by atoms with van der Waals surface area (Å²) >= 11 is 6.10. The molecule has 0 aliphatic heterocycles. The van der Waals surface area contributed by atoms with E-state index in [0.717, 1.165) is 5.56 Å². The van der Waals surface area contributed by atoms with Gasteiger partial charge in [0.2, 0.25) is 5.88 Å². The molecule has 106 valence electrons. The molecule has 0 saturated carbocycles. The molecule has 0 aliphatic rings. The highest BCUT2D eigenvalue weighted by molar-refractivity contribution is 6.30. The Morgan fingerprint density at radius 2 is 1.90 bits per heavy atom. The van der Waals surface area contributed by atoms with E-state index in [4.69, 9.17) is 21.1 Å². The average molecular weight is 293 g/mol. The van der Waals surface area contributed by atoms with Gasteiger partial charge in [-0.1, -0.05) is 24.6 Å². The highest BCUT2D eigenvalue weighted by atomic mass is 35.5. The molecule has 2 rings (SSSR count). The monoisotopic (exact) mass is 292 g/mol. The summed E-state index contributed by atoms with van der Waals surface area (Å²) in [6, 6.07) is 5.72. The topological polar surface area (TPSA) is 44.2 Å². The maximum Gasteiger partial charge on any atom is 0.227 e. The van der Waals surface area contributed by atoms with Gasteiger partial charge in [-0.2, -0.15) is 4.98 Å². The van der Waals surface area contributed by atoms with Crippen molar-refractivity contribution in [1.82, 2.24) is 9.97 Å². The van der Waals surface area contributed by atoms with E-state index in [-0.39, 0.29) is 0 Å². The van der Waals surface area contributed by atoms with E-state index in [1.165, 1.54) is 0 Å². The summed E-state index contributed by atoms with van der Waals surface area (Å²) in [5.41, 5.74) is 1.81. The van der Waals surface area contributed by atoms with E-state index in [2.05, 4.69) is 9.97 Å². The maximum absolute atomic E-state index is 6.10. The van der Waals surface area contributed by atoms with Crippen LogP contribution in [-0.4, -0.2) is 17.1 Å². The van der Waals surface area contributed by atoms with Crippen LogP contribution in [0.2, 0.25) is 5.15 Å². The summed E-state index contributed by atoms with van der Waals surface area (Å²) in [4.78, 5) is 8.56. The van der Waals surface area contributed by atoms with Gasteiger partial charge < -0.3 is 9.47 Å². The number of hydrogen-bond donors (Lipinski definition) is 0. The number of aromatic nitrogens is 2. The van der Waals surface area contributed by atoms with Crippen molar-refractivity contribution < 1.29 is 9.47 Å². The number of nitrogens with zero attached hydrogens (tertiary/aromatic N) is 2. The molecule has 0 saturated heterocycles. The highest BCUT2D eigenvalue weighted by Gasteiger charge is 2.13. The molecule has 0 unspecified atom stereocenters. The van der Waals surface area contributed by atoms with Crippen molar-refractivity contribution in [3.63, 3.8) is 0 Å². The molecule has 5 heteroatoms. The number of rotatable bonds is 4. The Morgan fingerprint density at radius 1 is 1.15 bits per heavy atom. The van der Waals surface area contributed by atoms with Gasteiger partial charge in [0.25, 0.3) is 0 Å². The third kappa shape index (κ3) is 3.02. The van der Waals surface area contributed by atoms with Gasteiger partial charge in [-0.25, -0.2) is 4.98 Å². The molecule has 0 amide bonds. The van der Waals surface area contributed by atoms with E-state index in [0.29, 0.717) is 40.3 Å². The quantitative estimate of drug-likeness (QED) is 0.796. The van der Waals surface area contributed by atoms with Crippen molar-refractivity contribution in [2.24, 2.45) is 0 Å². The molecule has 2 aromatic rings. The van der Waals surface area contributed by atoms with Gasteiger partial charge >= 0.3 is 0 Å². The fourth-order valence-electron chi connectivity index (χ4n) is 1.73. The smallest absolute Gasteiger partial charge is 0.227 e. The minimum absolute atomic E-state index is 0.415. The predicted molar refractivity (Wildman–Crippen MR) is 79.0 cm³/mol. The van der Waals surface area contributed by atoms with Crippen LogP contribution in [0.5, 0.6) is 17.4 Å². The first kappa shape index (κ1) is 14.6. The van der Waals surface area contributed by atoms with Gasteiger partial charge in [-0.15, -0.1) is 0 Å². The van der Waals surface area contributed by atoms with Crippen LogP contribution in [0.25, 0.3) is 0 Å². The van der Waals surface area contributed by atoms with Crippen LogP contribution in [0.15, 0.2) is 18.2 Å². The molecule has 0 radical (unpaired) electrons. The largest absolute Gasteiger partial charge is 0.493 e. The van der Waals surface area contributed by atoms with Crippen LogP contribution in [0, 0.1) is 13.8 Å². The lowest BCUT2D eigenvalue weighted by Crippen LogP contribution is -2.01. The summed E-state index contributed by atoms with van der Waals surface area (Å²) in [6.07, 6.45) is 0.696. The number of aryl methyl sites for hydroxylation is 2. The van der Waals surface area contributed by atoms with Crippen molar-refractivity contribution in [2.75, 3.05) is 7.11 Å². The number of halogens is 1. The van der Waals surface area contributed by atoms with Gasteiger partial charge in [0.1, 0.15) is 11.0 Å². The minimum atomic E-state index is 0.415. The Bertz CT molecular complexity index is 630. The van der Waals surface area contributed by atoms with Crippen LogP contribution < -0.4 is 9.47 Å². The number of methoxy groups -OCH3 is 1. The Balaban J connectivity index is 2.42. The van der Waals surface area contributed by atoms with E-state index >= 15 is 0 Å². The van der Waals surface area contributed by atoms with Crippen LogP contribution in [0.4, 0.5) is 0 Å². The lowest BCUT2D eigenvalue weighted by molar-refractivity contribution is 0.372. The summed E-state index contributed by atoms with van der Waals surface area (Å²) in [7, 11) is 1.61. The summed E-state index contributed by atoms with van der Waals surface area (Å²) in [5, 5.41) is 0.415. The van der Waals surface area contributed by atoms with Crippen LogP contribution >= 0.6 is 11.6 Å². The second-order valence-electron chi connectivity index (χ2n) is 4.47. The van der Waals surface area contributed by atoms with Gasteiger partial charge in [-0.3, -0.25) is 0 Å². The second-order valence-corrected chi connectivity index (χ2v) is 4.83. The lowest BCUT2D eigenvalue weighted by Gasteiger charge is -2.13. The zero-order chi connectivity index (χ0) is 14.7. The Morgan fingerprint density at radius 3 is 2.55 bits per heavy atom. The molecule has 0 bridgehead atoms. The van der Waals surface area contributed by atoms with E-state index < -0.39 is 0 Å². The van der Waals surface area contributed by atoms with Crippen LogP contribution in [0.3, 0.4) is 0 Å². The molecule has 1 aromatic heterocycles. The first-order valence-corrected chi connectivity index (χ1v) is 6.78. The molecule has 1 heterocycles. The Hall–Kier alpha value is -1.81. The van der Waals surface area contributed by atoms with Gasteiger partial charge in [0.15, 0.2) is 11.5 Å². The molecule has 1 aromatic carbocycles. The molecule has 20 heavy (non-hydrogen) atoms. The van der Waals surface area contributed by atoms with Gasteiger partial charge in [0, 0.05) is 12.0 Å². The van der Waals surface area contributed by atoms with E-state index in [1.807, 2.05) is 39.0 Å². The number of ether oxygens (including phenoxy) is 2. The standard InChI is InChI=1S/C15H17ClN2O2/c1-5-13-17-14(16)10(3)15(18-13)20-11-7-6-9(2)8-12(11)19-4/h6-8H,5H2,1-4H3. The van der Waals surface area contributed by atoms with Crippen molar-refractivity contribution >= 4 is 11.6 Å². The SMILES string of the molecule is CCc1nc(Cl)c(C)c(Oc2ccc(C)cc2OC)n1. The average Bonchev–Trinajstić information content (AvgIpc) is 2.45. The van der Waals surface area contributed by atoms with Crippen molar-refractivity contribution in [3.8, 4) is 17.4 Å². The van der Waals surface area contributed by atoms with Crippen molar-refractivity contribution in [2.45, 2.75) is 27.2 Å². The zero-order valence-electron chi connectivity index (χ0n) is 12.0. The maximum atomic E-state index is 6.10. The van der Waals surface area contributed by atoms with E-state index in [1.54, 1.807) is 7.11 Å². The van der Waals surface area contributed by atoms with E-state index in [9.17, 15) is 0 Å². The normalized spacial score (nSPS) is 10.4. The molecule has 4 nitrogen and oxygen atoms in total. The Kier molecular flexibility index (Phi) is 4.45. The highest BCUT2D eigenvalue weighted by Crippen LogP contribution is 2.34. The molecule has 0 N–H and O–H groups in total. The van der Waals surface area contributed by atoms with Crippen LogP contribution in [0.1, 0.15) is 23.9 Å². The third-order valence-electron chi connectivity index (χ3n) is 2.93. The molecule has 0 atom stereocenters. The van der Waals surface area contributed by atoms with Crippen molar-refractivity contribution in [1.29, 1.82) is 0 Å². The number of hydrogen-bond acceptors (Lipinski definition) is 4. The van der Waals surface area contributed by atoms with Gasteiger partial charge in [0.05, 0.1) is 7.11 Å². The minimum Gasteiger partial charge on any atom is -0.493 e. The summed E-state index contributed by atoms with van der Waals surface area (Å²) in [5.74, 6) is 2.39. The fourth-order valence-corrected chi connectivity index (χ4v) is 1.91. The first-order valence-electron chi connectivity index (χ1n) is 6.40. The van der Waals surface area contributed by atoms with Gasteiger partial charge in [-0.05, 0) is 31.5 Å². The molecule has 0 aliphatic carbocycles. The zero-order valence-corrected chi connectivity index (χ0v) is 12.8. The molecule has 0 fully saturated rings. The number of benzene rings is 1.